The van der Waals surface area contributed by atoms with Crippen molar-refractivity contribution in [2.24, 2.45) is 10.9 Å². The van der Waals surface area contributed by atoms with Crippen LogP contribution in [-0.4, -0.2) is 55.2 Å². The van der Waals surface area contributed by atoms with E-state index in [1.165, 1.54) is 26.1 Å². The summed E-state index contributed by atoms with van der Waals surface area (Å²) in [6, 6.07) is 4.10. The average Bonchev–Trinajstić information content (AvgIpc) is 3.13. The monoisotopic (exact) mass is 405 g/mol. The average molecular weight is 405 g/mol. The van der Waals surface area contributed by atoms with Gasteiger partial charge in [0.2, 0.25) is 0 Å². The van der Waals surface area contributed by atoms with E-state index in [1.54, 1.807) is 0 Å². The van der Waals surface area contributed by atoms with Crippen LogP contribution < -0.4 is 10.6 Å². The second-order valence-corrected chi connectivity index (χ2v) is 5.35. The zero-order valence-corrected chi connectivity index (χ0v) is 15.4. The summed E-state index contributed by atoms with van der Waals surface area (Å²) in [6.45, 7) is 8.71. The van der Waals surface area contributed by atoms with Gasteiger partial charge in [-0.2, -0.15) is 0 Å². The van der Waals surface area contributed by atoms with Crippen LogP contribution in [0.1, 0.15) is 13.3 Å². The molecule has 0 aliphatic carbocycles. The van der Waals surface area contributed by atoms with E-state index in [0.717, 1.165) is 31.5 Å². The second kappa shape index (κ2) is 10.0. The lowest BCUT2D eigenvalue weighted by Gasteiger charge is -2.16. The predicted molar refractivity (Wildman–Crippen MR) is 99.4 cm³/mol. The molecule has 0 radical (unpaired) electrons. The Labute approximate surface area is 145 Å². The lowest BCUT2D eigenvalue weighted by atomic mass is 10.1. The van der Waals surface area contributed by atoms with Gasteiger partial charge in [-0.3, -0.25) is 4.99 Å². The molecular formula is C15H28IN5. The van der Waals surface area contributed by atoms with Gasteiger partial charge in [-0.25, -0.2) is 0 Å². The Morgan fingerprint density at radius 3 is 2.67 bits per heavy atom. The number of likely N-dealkylation sites (tertiary alicyclic amines) is 1. The van der Waals surface area contributed by atoms with Crippen LogP contribution in [0, 0.1) is 5.92 Å². The summed E-state index contributed by atoms with van der Waals surface area (Å²) in [5.41, 5.74) is 0. The minimum Gasteiger partial charge on any atom is -0.356 e. The molecular weight excluding hydrogens is 377 g/mol. The van der Waals surface area contributed by atoms with Gasteiger partial charge in [0.05, 0.1) is 0 Å². The van der Waals surface area contributed by atoms with Gasteiger partial charge in [0.25, 0.3) is 0 Å². The summed E-state index contributed by atoms with van der Waals surface area (Å²) in [7, 11) is 1.83. The maximum absolute atomic E-state index is 4.28. The van der Waals surface area contributed by atoms with Crippen molar-refractivity contribution in [3.8, 4) is 0 Å². The fourth-order valence-corrected chi connectivity index (χ4v) is 2.65. The molecule has 1 unspecified atom stereocenters. The Morgan fingerprint density at radius 2 is 2.05 bits per heavy atom. The van der Waals surface area contributed by atoms with E-state index in [9.17, 15) is 0 Å². The van der Waals surface area contributed by atoms with Crippen molar-refractivity contribution in [1.29, 1.82) is 0 Å². The maximum Gasteiger partial charge on any atom is 0.191 e. The smallest absolute Gasteiger partial charge is 0.191 e. The highest BCUT2D eigenvalue weighted by Crippen LogP contribution is 2.14. The molecule has 0 saturated carbocycles. The van der Waals surface area contributed by atoms with Crippen LogP contribution >= 0.6 is 24.0 Å². The molecule has 1 aliphatic heterocycles. The molecule has 0 amide bonds. The van der Waals surface area contributed by atoms with Crippen LogP contribution in [0.5, 0.6) is 0 Å². The zero-order chi connectivity index (χ0) is 14.2. The number of hydrogen-bond donors (Lipinski definition) is 2. The first-order chi connectivity index (χ1) is 9.81. The fraction of sp³-hybridized carbons (Fsp3) is 0.667. The molecule has 1 atom stereocenters. The maximum atomic E-state index is 4.28. The van der Waals surface area contributed by atoms with Gasteiger partial charge in [0.1, 0.15) is 0 Å². The van der Waals surface area contributed by atoms with Crippen molar-refractivity contribution >= 4 is 29.9 Å². The molecule has 2 N–H and O–H groups in total. The summed E-state index contributed by atoms with van der Waals surface area (Å²) in [4.78, 5) is 6.79. The molecule has 1 fully saturated rings. The van der Waals surface area contributed by atoms with Crippen molar-refractivity contribution < 1.29 is 0 Å². The Hall–Kier alpha value is -0.760. The fourth-order valence-electron chi connectivity index (χ4n) is 2.65. The van der Waals surface area contributed by atoms with Crippen LogP contribution in [0.25, 0.3) is 0 Å². The predicted octanol–water partition coefficient (Wildman–Crippen LogP) is 1.61. The first-order valence-corrected chi connectivity index (χ1v) is 7.59. The molecule has 1 aliphatic rings. The molecule has 1 aromatic heterocycles. The highest BCUT2D eigenvalue weighted by Gasteiger charge is 2.20. The van der Waals surface area contributed by atoms with E-state index in [-0.39, 0.29) is 24.0 Å². The Morgan fingerprint density at radius 1 is 1.29 bits per heavy atom. The number of nitrogens with zero attached hydrogens (tertiary/aromatic N) is 3. The minimum atomic E-state index is 0. The molecule has 0 spiro atoms. The molecule has 120 valence electrons. The summed E-state index contributed by atoms with van der Waals surface area (Å²) in [5.74, 6) is 1.66. The number of nitrogens with one attached hydrogen (secondary N) is 2. The number of aromatic nitrogens is 1. The number of halogens is 1. The molecule has 1 aromatic rings. The van der Waals surface area contributed by atoms with Gasteiger partial charge < -0.3 is 20.1 Å². The molecule has 21 heavy (non-hydrogen) atoms. The second-order valence-electron chi connectivity index (χ2n) is 5.35. The van der Waals surface area contributed by atoms with E-state index in [2.05, 4.69) is 44.4 Å². The van der Waals surface area contributed by atoms with Crippen molar-refractivity contribution in [3.05, 3.63) is 24.5 Å². The van der Waals surface area contributed by atoms with Gasteiger partial charge in [-0.1, -0.05) is 6.92 Å². The van der Waals surface area contributed by atoms with Crippen molar-refractivity contribution in [3.63, 3.8) is 0 Å². The van der Waals surface area contributed by atoms with Crippen molar-refractivity contribution in [2.75, 3.05) is 39.8 Å². The van der Waals surface area contributed by atoms with Gasteiger partial charge in [0.15, 0.2) is 5.96 Å². The van der Waals surface area contributed by atoms with E-state index in [4.69, 9.17) is 0 Å². The SMILES string of the molecule is CCN1CCC(CNC(=NC)NCCn2cccc2)C1.I. The largest absolute Gasteiger partial charge is 0.356 e. The van der Waals surface area contributed by atoms with Gasteiger partial charge in [0, 0.05) is 45.6 Å². The highest BCUT2D eigenvalue weighted by molar-refractivity contribution is 14.0. The van der Waals surface area contributed by atoms with Crippen LogP contribution in [0.3, 0.4) is 0 Å². The highest BCUT2D eigenvalue weighted by atomic mass is 127. The molecule has 1 saturated heterocycles. The van der Waals surface area contributed by atoms with E-state index in [0.29, 0.717) is 0 Å². The lowest BCUT2D eigenvalue weighted by molar-refractivity contribution is 0.342. The number of guanidine groups is 1. The van der Waals surface area contributed by atoms with Gasteiger partial charge in [-0.05, 0) is 37.6 Å². The number of rotatable bonds is 6. The standard InChI is InChI=1S/C15H27N5.HI/c1-3-19-10-6-14(13-19)12-18-15(16-2)17-7-11-20-8-4-5-9-20;/h4-5,8-9,14H,3,6-7,10-13H2,1-2H3,(H2,16,17,18);1H. The Bertz CT molecular complexity index is 404. The normalized spacial score (nSPS) is 19.3. The quantitative estimate of drug-likeness (QED) is 0.430. The molecule has 2 rings (SSSR count). The molecule has 0 bridgehead atoms. The third-order valence-corrected chi connectivity index (χ3v) is 3.93. The first kappa shape index (κ1) is 18.3. The first-order valence-electron chi connectivity index (χ1n) is 7.59. The van der Waals surface area contributed by atoms with Gasteiger partial charge >= 0.3 is 0 Å². The van der Waals surface area contributed by atoms with Crippen LogP contribution in [0.2, 0.25) is 0 Å². The summed E-state index contributed by atoms with van der Waals surface area (Å²) >= 11 is 0. The Kier molecular flexibility index (Phi) is 8.75. The molecule has 5 nitrogen and oxygen atoms in total. The summed E-state index contributed by atoms with van der Waals surface area (Å²) in [5, 5.41) is 6.80. The molecule has 6 heteroatoms. The number of aliphatic imine (C=N–C) groups is 1. The van der Waals surface area contributed by atoms with Crippen molar-refractivity contribution in [1.82, 2.24) is 20.1 Å². The topological polar surface area (TPSA) is 44.6 Å². The number of hydrogen-bond acceptors (Lipinski definition) is 2. The summed E-state index contributed by atoms with van der Waals surface area (Å²) < 4.78 is 2.16. The van der Waals surface area contributed by atoms with Crippen LogP contribution in [0.15, 0.2) is 29.5 Å². The summed E-state index contributed by atoms with van der Waals surface area (Å²) in [6.07, 6.45) is 5.45. The van der Waals surface area contributed by atoms with Crippen LogP contribution in [0.4, 0.5) is 0 Å². The van der Waals surface area contributed by atoms with E-state index in [1.807, 2.05) is 19.2 Å². The molecule has 0 aromatic carbocycles. The van der Waals surface area contributed by atoms with Gasteiger partial charge in [-0.15, -0.1) is 24.0 Å². The van der Waals surface area contributed by atoms with Crippen LogP contribution in [-0.2, 0) is 6.54 Å². The third-order valence-electron chi connectivity index (χ3n) is 3.93. The third kappa shape index (κ3) is 6.25. The van der Waals surface area contributed by atoms with E-state index >= 15 is 0 Å². The Balaban J connectivity index is 0.00000220. The molecule has 2 heterocycles. The lowest BCUT2D eigenvalue weighted by Crippen LogP contribution is -2.41. The van der Waals surface area contributed by atoms with Crippen molar-refractivity contribution in [2.45, 2.75) is 19.9 Å². The zero-order valence-electron chi connectivity index (χ0n) is 13.1. The minimum absolute atomic E-state index is 0. The van der Waals surface area contributed by atoms with E-state index < -0.39 is 0 Å².